The van der Waals surface area contributed by atoms with Gasteiger partial charge in [-0.2, -0.15) is 0 Å². The maximum Gasteiger partial charge on any atom is 0.412 e. The third kappa shape index (κ3) is 4.67. The Hall–Kier alpha value is -3.16. The number of rotatable bonds is 6. The van der Waals surface area contributed by atoms with Crippen LogP contribution in [0.2, 0.25) is 0 Å². The van der Waals surface area contributed by atoms with Crippen LogP contribution in [0.5, 0.6) is 0 Å². The van der Waals surface area contributed by atoms with Crippen molar-refractivity contribution in [2.75, 3.05) is 23.8 Å². The van der Waals surface area contributed by atoms with Crippen molar-refractivity contribution < 1.29 is 19.1 Å². The molecule has 0 radical (unpaired) electrons. The molecule has 0 fully saturated rings. The summed E-state index contributed by atoms with van der Waals surface area (Å²) in [5.74, 6) is 0.257. The minimum atomic E-state index is -0.597. The zero-order valence-electron chi connectivity index (χ0n) is 13.4. The van der Waals surface area contributed by atoms with E-state index in [1.54, 1.807) is 50.2 Å². The molecule has 0 bridgehead atoms. The van der Waals surface area contributed by atoms with E-state index in [-0.39, 0.29) is 12.4 Å². The fraction of sp³-hybridized carbons (Fsp3) is 0.250. The highest BCUT2D eigenvalue weighted by Gasteiger charge is 2.12. The SMILES string of the molecule is CCOC(=O)Nc1ccc(Nc2ccccc2C(=O)OCC)nn1. The first-order valence-electron chi connectivity index (χ1n) is 7.44. The molecule has 1 aromatic carbocycles. The van der Waals surface area contributed by atoms with Crippen molar-refractivity contribution in [1.29, 1.82) is 0 Å². The minimum Gasteiger partial charge on any atom is -0.462 e. The number of anilines is 3. The number of esters is 1. The maximum absolute atomic E-state index is 11.9. The van der Waals surface area contributed by atoms with Crippen molar-refractivity contribution in [3.05, 3.63) is 42.0 Å². The molecular weight excluding hydrogens is 312 g/mol. The Labute approximate surface area is 139 Å². The van der Waals surface area contributed by atoms with Crippen LogP contribution < -0.4 is 10.6 Å². The van der Waals surface area contributed by atoms with E-state index in [9.17, 15) is 9.59 Å². The van der Waals surface area contributed by atoms with Crippen molar-refractivity contribution >= 4 is 29.4 Å². The number of carbonyl (C=O) groups excluding carboxylic acids is 2. The van der Waals surface area contributed by atoms with Gasteiger partial charge in [0.15, 0.2) is 11.6 Å². The van der Waals surface area contributed by atoms with Gasteiger partial charge in [-0.3, -0.25) is 5.32 Å². The summed E-state index contributed by atoms with van der Waals surface area (Å²) in [5, 5.41) is 13.3. The van der Waals surface area contributed by atoms with Crippen LogP contribution in [0.4, 0.5) is 22.1 Å². The zero-order chi connectivity index (χ0) is 17.4. The molecule has 0 saturated heterocycles. The standard InChI is InChI=1S/C16H18N4O4/c1-3-23-15(21)11-7-5-6-8-12(11)17-13-9-10-14(20-19-13)18-16(22)24-4-2/h5-10H,3-4H2,1-2H3,(H,17,19)(H,18,20,22). The minimum absolute atomic E-state index is 0.262. The molecular formula is C16H18N4O4. The summed E-state index contributed by atoms with van der Waals surface area (Å²) in [6, 6.07) is 10.1. The van der Waals surface area contributed by atoms with Crippen LogP contribution in [-0.4, -0.2) is 35.5 Å². The van der Waals surface area contributed by atoms with Gasteiger partial charge in [0.25, 0.3) is 0 Å². The van der Waals surface area contributed by atoms with E-state index in [2.05, 4.69) is 20.8 Å². The van der Waals surface area contributed by atoms with Crippen molar-refractivity contribution in [2.45, 2.75) is 13.8 Å². The molecule has 1 amide bonds. The van der Waals surface area contributed by atoms with Gasteiger partial charge in [-0.05, 0) is 38.1 Å². The van der Waals surface area contributed by atoms with Crippen LogP contribution in [0.3, 0.4) is 0 Å². The Bertz CT molecular complexity index is 703. The van der Waals surface area contributed by atoms with E-state index in [1.807, 2.05) is 0 Å². The second-order valence-electron chi connectivity index (χ2n) is 4.54. The molecule has 2 N–H and O–H groups in total. The monoisotopic (exact) mass is 330 g/mol. The van der Waals surface area contributed by atoms with E-state index >= 15 is 0 Å². The van der Waals surface area contributed by atoms with Crippen LogP contribution in [-0.2, 0) is 9.47 Å². The Morgan fingerprint density at radius 3 is 2.29 bits per heavy atom. The third-order valence-electron chi connectivity index (χ3n) is 2.86. The van der Waals surface area contributed by atoms with Crippen molar-refractivity contribution in [2.24, 2.45) is 0 Å². The molecule has 1 aromatic heterocycles. The number of nitrogens with one attached hydrogen (secondary N) is 2. The predicted molar refractivity (Wildman–Crippen MR) is 88.4 cm³/mol. The van der Waals surface area contributed by atoms with Crippen LogP contribution in [0.1, 0.15) is 24.2 Å². The first-order valence-corrected chi connectivity index (χ1v) is 7.44. The van der Waals surface area contributed by atoms with Crippen LogP contribution in [0, 0.1) is 0 Å². The summed E-state index contributed by atoms with van der Waals surface area (Å²) >= 11 is 0. The van der Waals surface area contributed by atoms with E-state index in [0.717, 1.165) is 0 Å². The fourth-order valence-corrected chi connectivity index (χ4v) is 1.85. The molecule has 2 aromatic rings. The van der Waals surface area contributed by atoms with E-state index in [0.29, 0.717) is 23.7 Å². The van der Waals surface area contributed by atoms with Gasteiger partial charge in [0.05, 0.1) is 24.5 Å². The number of ether oxygens (including phenoxy) is 2. The average Bonchev–Trinajstić information content (AvgIpc) is 2.57. The molecule has 0 spiro atoms. The van der Waals surface area contributed by atoms with Crippen LogP contribution >= 0.6 is 0 Å². The molecule has 2 rings (SSSR count). The average molecular weight is 330 g/mol. The van der Waals surface area contributed by atoms with Gasteiger partial charge in [-0.1, -0.05) is 12.1 Å². The topological polar surface area (TPSA) is 102 Å². The highest BCUT2D eigenvalue weighted by Crippen LogP contribution is 2.20. The number of hydrogen-bond acceptors (Lipinski definition) is 7. The van der Waals surface area contributed by atoms with Gasteiger partial charge >= 0.3 is 12.1 Å². The van der Waals surface area contributed by atoms with E-state index in [1.165, 1.54) is 0 Å². The Morgan fingerprint density at radius 2 is 1.62 bits per heavy atom. The lowest BCUT2D eigenvalue weighted by Crippen LogP contribution is -2.14. The van der Waals surface area contributed by atoms with E-state index in [4.69, 9.17) is 9.47 Å². The number of carbonyl (C=O) groups is 2. The summed E-state index contributed by atoms with van der Waals surface area (Å²) in [5.41, 5.74) is 0.950. The lowest BCUT2D eigenvalue weighted by atomic mass is 10.2. The Morgan fingerprint density at radius 1 is 0.958 bits per heavy atom. The second kappa shape index (κ2) is 8.47. The molecule has 0 aliphatic carbocycles. The van der Waals surface area contributed by atoms with Gasteiger partial charge in [-0.15, -0.1) is 10.2 Å². The van der Waals surface area contributed by atoms with Gasteiger partial charge in [0, 0.05) is 0 Å². The molecule has 0 aliphatic heterocycles. The number of aromatic nitrogens is 2. The molecule has 8 nitrogen and oxygen atoms in total. The first kappa shape index (κ1) is 17.2. The molecule has 0 atom stereocenters. The lowest BCUT2D eigenvalue weighted by Gasteiger charge is -2.10. The normalized spacial score (nSPS) is 9.92. The summed E-state index contributed by atoms with van der Waals surface area (Å²) in [6.45, 7) is 4.01. The van der Waals surface area contributed by atoms with Gasteiger partial charge in [-0.25, -0.2) is 9.59 Å². The number of amides is 1. The van der Waals surface area contributed by atoms with Crippen molar-refractivity contribution in [3.8, 4) is 0 Å². The molecule has 126 valence electrons. The van der Waals surface area contributed by atoms with Crippen molar-refractivity contribution in [3.63, 3.8) is 0 Å². The van der Waals surface area contributed by atoms with Crippen molar-refractivity contribution in [1.82, 2.24) is 10.2 Å². The highest BCUT2D eigenvalue weighted by molar-refractivity contribution is 5.96. The molecule has 1 heterocycles. The smallest absolute Gasteiger partial charge is 0.412 e. The number of hydrogen-bond donors (Lipinski definition) is 2. The summed E-state index contributed by atoms with van der Waals surface area (Å²) < 4.78 is 9.77. The van der Waals surface area contributed by atoms with Gasteiger partial charge < -0.3 is 14.8 Å². The van der Waals surface area contributed by atoms with Gasteiger partial charge in [0.2, 0.25) is 0 Å². The summed E-state index contributed by atoms with van der Waals surface area (Å²) in [6.07, 6.45) is -0.597. The quantitative estimate of drug-likeness (QED) is 0.785. The summed E-state index contributed by atoms with van der Waals surface area (Å²) in [4.78, 5) is 23.2. The van der Waals surface area contributed by atoms with Crippen LogP contribution in [0.25, 0.3) is 0 Å². The summed E-state index contributed by atoms with van der Waals surface area (Å²) in [7, 11) is 0. The molecule has 0 unspecified atom stereocenters. The molecule has 8 heteroatoms. The van der Waals surface area contributed by atoms with E-state index < -0.39 is 12.1 Å². The number of benzene rings is 1. The van der Waals surface area contributed by atoms with Gasteiger partial charge in [0.1, 0.15) is 0 Å². The maximum atomic E-state index is 11.9. The molecule has 0 saturated carbocycles. The first-order chi connectivity index (χ1) is 11.6. The largest absolute Gasteiger partial charge is 0.462 e. The Kier molecular flexibility index (Phi) is 6.07. The molecule has 0 aliphatic rings. The number of nitrogens with zero attached hydrogens (tertiary/aromatic N) is 2. The predicted octanol–water partition coefficient (Wildman–Crippen LogP) is 2.97. The molecule has 24 heavy (non-hydrogen) atoms. The second-order valence-corrected chi connectivity index (χ2v) is 4.54. The zero-order valence-corrected chi connectivity index (χ0v) is 13.4. The lowest BCUT2D eigenvalue weighted by molar-refractivity contribution is 0.0527. The number of para-hydroxylation sites is 1. The fourth-order valence-electron chi connectivity index (χ4n) is 1.85. The van der Waals surface area contributed by atoms with Crippen LogP contribution in [0.15, 0.2) is 36.4 Å². The highest BCUT2D eigenvalue weighted by atomic mass is 16.5. The Balaban J connectivity index is 2.09. The third-order valence-corrected chi connectivity index (χ3v) is 2.86.